The summed E-state index contributed by atoms with van der Waals surface area (Å²) in [6, 6.07) is 51.2. The standard InChI is InChI=1S/C44H26N4O2/c45-25-27-9-17-31(18-10-27)47-37-7-3-1-5-35(37)41-39(29-13-21-33(49)22-14-29)44-42(40(43(41)47)30-15-23-34(50)24-16-30)36-6-2-4-8-38(36)48(44)32-19-11-28(26-46)12-20-32/h1-24,49-50H. The maximum Gasteiger partial charge on any atom is 0.115 e. The molecule has 9 rings (SSSR count). The molecule has 2 heterocycles. The summed E-state index contributed by atoms with van der Waals surface area (Å²) < 4.78 is 4.54. The van der Waals surface area contributed by atoms with Gasteiger partial charge in [0.1, 0.15) is 11.5 Å². The highest BCUT2D eigenvalue weighted by atomic mass is 16.3. The van der Waals surface area contributed by atoms with Crippen LogP contribution in [0, 0.1) is 22.7 Å². The van der Waals surface area contributed by atoms with Crippen LogP contribution in [0.4, 0.5) is 0 Å². The molecule has 6 heteroatoms. The van der Waals surface area contributed by atoms with Crippen molar-refractivity contribution in [2.24, 2.45) is 0 Å². The van der Waals surface area contributed by atoms with Crippen molar-refractivity contribution in [1.29, 1.82) is 10.5 Å². The summed E-state index contributed by atoms with van der Waals surface area (Å²) in [6.45, 7) is 0. The van der Waals surface area contributed by atoms with Crippen molar-refractivity contribution in [2.75, 3.05) is 0 Å². The van der Waals surface area contributed by atoms with Crippen LogP contribution in [-0.4, -0.2) is 19.3 Å². The number of phenols is 2. The monoisotopic (exact) mass is 642 g/mol. The van der Waals surface area contributed by atoms with Gasteiger partial charge < -0.3 is 19.3 Å². The van der Waals surface area contributed by atoms with Gasteiger partial charge in [-0.25, -0.2) is 0 Å². The zero-order valence-corrected chi connectivity index (χ0v) is 26.5. The molecule has 2 N–H and O–H groups in total. The highest BCUT2D eigenvalue weighted by Crippen LogP contribution is 2.52. The average Bonchev–Trinajstić information content (AvgIpc) is 3.68. The molecular weight excluding hydrogens is 617 g/mol. The Morgan fingerprint density at radius 2 is 0.780 bits per heavy atom. The van der Waals surface area contributed by atoms with E-state index in [1.165, 1.54) is 0 Å². The van der Waals surface area contributed by atoms with Gasteiger partial charge in [-0.1, -0.05) is 60.7 Å². The molecule has 0 spiro atoms. The van der Waals surface area contributed by atoms with Gasteiger partial charge in [-0.3, -0.25) is 0 Å². The average molecular weight is 643 g/mol. The van der Waals surface area contributed by atoms with E-state index in [9.17, 15) is 20.7 Å². The Morgan fingerprint density at radius 1 is 0.420 bits per heavy atom. The molecule has 9 aromatic rings. The van der Waals surface area contributed by atoms with E-state index >= 15 is 0 Å². The summed E-state index contributed by atoms with van der Waals surface area (Å²) in [5, 5.41) is 44.2. The Kier molecular flexibility index (Phi) is 6.45. The third-order valence-corrected chi connectivity index (χ3v) is 9.54. The van der Waals surface area contributed by atoms with Crippen LogP contribution in [0.1, 0.15) is 11.1 Å². The van der Waals surface area contributed by atoms with Crippen molar-refractivity contribution in [1.82, 2.24) is 9.13 Å². The number of aromatic nitrogens is 2. The van der Waals surface area contributed by atoms with Gasteiger partial charge >= 0.3 is 0 Å². The largest absolute Gasteiger partial charge is 0.508 e. The number of fused-ring (bicyclic) bond motifs is 6. The van der Waals surface area contributed by atoms with Crippen LogP contribution in [0.15, 0.2) is 146 Å². The van der Waals surface area contributed by atoms with Crippen LogP contribution in [0.2, 0.25) is 0 Å². The summed E-state index contributed by atoms with van der Waals surface area (Å²) in [5.41, 5.74) is 10.7. The first kappa shape index (κ1) is 28.9. The van der Waals surface area contributed by atoms with Crippen LogP contribution in [-0.2, 0) is 0 Å². The zero-order valence-electron chi connectivity index (χ0n) is 26.5. The van der Waals surface area contributed by atoms with Crippen molar-refractivity contribution in [3.8, 4) is 57.3 Å². The molecule has 0 atom stereocenters. The van der Waals surface area contributed by atoms with Crippen LogP contribution < -0.4 is 0 Å². The van der Waals surface area contributed by atoms with E-state index in [2.05, 4.69) is 45.5 Å². The number of rotatable bonds is 4. The molecule has 6 nitrogen and oxygen atoms in total. The third-order valence-electron chi connectivity index (χ3n) is 9.54. The first-order valence-electron chi connectivity index (χ1n) is 16.2. The molecule has 7 aromatic carbocycles. The van der Waals surface area contributed by atoms with Crippen molar-refractivity contribution >= 4 is 43.6 Å². The fourth-order valence-corrected chi connectivity index (χ4v) is 7.42. The molecule has 0 bridgehead atoms. The Morgan fingerprint density at radius 3 is 1.14 bits per heavy atom. The Bertz CT molecular complexity index is 2670. The van der Waals surface area contributed by atoms with E-state index in [1.807, 2.05) is 97.1 Å². The molecule has 0 aliphatic heterocycles. The molecule has 0 radical (unpaired) electrons. The highest BCUT2D eigenvalue weighted by Gasteiger charge is 2.28. The molecule has 0 saturated carbocycles. The first-order chi connectivity index (χ1) is 24.6. The van der Waals surface area contributed by atoms with Gasteiger partial charge in [0.25, 0.3) is 0 Å². The second kappa shape index (κ2) is 11.2. The number of para-hydroxylation sites is 2. The molecule has 0 aliphatic rings. The topological polar surface area (TPSA) is 97.9 Å². The van der Waals surface area contributed by atoms with Gasteiger partial charge in [-0.15, -0.1) is 0 Å². The summed E-state index contributed by atoms with van der Waals surface area (Å²) in [7, 11) is 0. The van der Waals surface area contributed by atoms with Crippen LogP contribution in [0.3, 0.4) is 0 Å². The molecule has 0 fully saturated rings. The number of hydrogen-bond acceptors (Lipinski definition) is 4. The quantitative estimate of drug-likeness (QED) is 0.200. The number of hydrogen-bond donors (Lipinski definition) is 2. The summed E-state index contributed by atoms with van der Waals surface area (Å²) >= 11 is 0. The minimum atomic E-state index is 0.176. The van der Waals surface area contributed by atoms with Crippen molar-refractivity contribution in [2.45, 2.75) is 0 Å². The number of nitrogens with zero attached hydrogens (tertiary/aromatic N) is 4. The fourth-order valence-electron chi connectivity index (χ4n) is 7.42. The second-order valence-electron chi connectivity index (χ2n) is 12.3. The van der Waals surface area contributed by atoms with Gasteiger partial charge in [-0.05, 0) is 96.1 Å². The van der Waals surface area contributed by atoms with Crippen LogP contribution in [0.25, 0.3) is 77.2 Å². The van der Waals surface area contributed by atoms with E-state index in [1.54, 1.807) is 24.3 Å². The zero-order chi connectivity index (χ0) is 33.9. The molecule has 0 saturated heterocycles. The predicted octanol–water partition coefficient (Wildman–Crippen LogP) is 10.4. The molecular formula is C44H26N4O2. The summed E-state index contributed by atoms with van der Waals surface area (Å²) in [6.07, 6.45) is 0. The van der Waals surface area contributed by atoms with E-state index < -0.39 is 0 Å². The Labute approximate surface area is 286 Å². The summed E-state index contributed by atoms with van der Waals surface area (Å²) in [5.74, 6) is 0.351. The highest BCUT2D eigenvalue weighted by molar-refractivity contribution is 6.33. The van der Waals surface area contributed by atoms with E-state index in [0.29, 0.717) is 11.1 Å². The number of aromatic hydroxyl groups is 2. The minimum Gasteiger partial charge on any atom is -0.508 e. The van der Waals surface area contributed by atoms with E-state index in [4.69, 9.17) is 0 Å². The van der Waals surface area contributed by atoms with Crippen molar-refractivity contribution in [3.63, 3.8) is 0 Å². The Hall–Kier alpha value is -7.28. The maximum atomic E-state index is 10.4. The number of nitriles is 2. The second-order valence-corrected chi connectivity index (χ2v) is 12.3. The van der Waals surface area contributed by atoms with Gasteiger partial charge in [0, 0.05) is 44.0 Å². The van der Waals surface area contributed by atoms with E-state index in [-0.39, 0.29) is 11.5 Å². The normalized spacial score (nSPS) is 11.3. The molecule has 0 unspecified atom stereocenters. The smallest absolute Gasteiger partial charge is 0.115 e. The van der Waals surface area contributed by atoms with Gasteiger partial charge in [0.05, 0.1) is 45.3 Å². The van der Waals surface area contributed by atoms with Crippen LogP contribution in [0.5, 0.6) is 11.5 Å². The lowest BCUT2D eigenvalue weighted by molar-refractivity contribution is 0.475. The number of benzene rings is 7. The van der Waals surface area contributed by atoms with E-state index in [0.717, 1.165) is 77.2 Å². The maximum absolute atomic E-state index is 10.4. The lowest BCUT2D eigenvalue weighted by Crippen LogP contribution is -1.99. The van der Waals surface area contributed by atoms with Gasteiger partial charge in [-0.2, -0.15) is 10.5 Å². The van der Waals surface area contributed by atoms with Gasteiger partial charge in [0.2, 0.25) is 0 Å². The lowest BCUT2D eigenvalue weighted by atomic mass is 9.89. The number of phenolic OH excluding ortho intramolecular Hbond substituents is 2. The molecule has 0 aliphatic carbocycles. The van der Waals surface area contributed by atoms with Gasteiger partial charge in [0.15, 0.2) is 0 Å². The molecule has 50 heavy (non-hydrogen) atoms. The minimum absolute atomic E-state index is 0.176. The van der Waals surface area contributed by atoms with Crippen molar-refractivity contribution in [3.05, 3.63) is 157 Å². The third kappa shape index (κ3) is 4.27. The first-order valence-corrected chi connectivity index (χ1v) is 16.2. The fraction of sp³-hybridized carbons (Fsp3) is 0. The molecule has 2 aromatic heterocycles. The van der Waals surface area contributed by atoms with Crippen molar-refractivity contribution < 1.29 is 10.2 Å². The predicted molar refractivity (Wildman–Crippen MR) is 199 cm³/mol. The molecule has 234 valence electrons. The SMILES string of the molecule is N#Cc1ccc(-n2c3ccccc3c3c(-c4ccc(O)cc4)c4c(c(-c5ccc(O)cc5)c32)c2ccccc2n4-c2ccc(C#N)cc2)cc1. The Balaban J connectivity index is 1.62. The molecule has 0 amide bonds. The lowest BCUT2D eigenvalue weighted by Gasteiger charge is -2.18. The van der Waals surface area contributed by atoms with Crippen LogP contribution >= 0.6 is 0 Å². The summed E-state index contributed by atoms with van der Waals surface area (Å²) in [4.78, 5) is 0.